The van der Waals surface area contributed by atoms with Crippen molar-refractivity contribution in [2.24, 2.45) is 5.92 Å². The molecule has 5 aromatic rings. The van der Waals surface area contributed by atoms with Crippen molar-refractivity contribution in [3.63, 3.8) is 0 Å². The van der Waals surface area contributed by atoms with E-state index >= 15 is 0 Å². The number of benzene rings is 1. The first-order valence-electron chi connectivity index (χ1n) is 22.3. The average molecular weight is 864 g/mol. The lowest BCUT2D eigenvalue weighted by Crippen LogP contribution is -2.40. The molecule has 18 heteroatoms. The number of imide groups is 1. The van der Waals surface area contributed by atoms with Crippen LogP contribution in [0, 0.1) is 17.8 Å². The smallest absolute Gasteiger partial charge is 0.284 e. The lowest BCUT2D eigenvalue weighted by atomic mass is 9.85. The predicted molar refractivity (Wildman–Crippen MR) is 227 cm³/mol. The van der Waals surface area contributed by atoms with Gasteiger partial charge >= 0.3 is 0 Å². The number of carbonyl (C=O) groups is 3. The average Bonchev–Trinajstić information content (AvgIpc) is 4.15. The Morgan fingerprint density at radius 3 is 2.65 bits per heavy atom. The number of amides is 3. The number of anilines is 2. The number of carbonyl (C=O) groups excluding carboxylic acids is 3. The molecule has 1 unspecified atom stereocenters. The number of halogens is 2. The van der Waals surface area contributed by atoms with E-state index in [2.05, 4.69) is 42.5 Å². The summed E-state index contributed by atoms with van der Waals surface area (Å²) in [5.41, 5.74) is 2.51. The van der Waals surface area contributed by atoms with Gasteiger partial charge in [-0.25, -0.2) is 18.3 Å². The molecule has 16 nitrogen and oxygen atoms in total. The Bertz CT molecular complexity index is 2600. The normalized spacial score (nSPS) is 24.4. The Hall–Kier alpha value is -5.77. The van der Waals surface area contributed by atoms with Gasteiger partial charge in [0.05, 0.1) is 65.5 Å². The molecule has 5 fully saturated rings. The van der Waals surface area contributed by atoms with Gasteiger partial charge in [-0.05, 0) is 76.3 Å². The topological polar surface area (TPSA) is 166 Å². The molecule has 8 heterocycles. The zero-order chi connectivity index (χ0) is 43.2. The maximum absolute atomic E-state index is 14.3. The van der Waals surface area contributed by atoms with Gasteiger partial charge in [-0.3, -0.25) is 29.1 Å². The van der Waals surface area contributed by atoms with Gasteiger partial charge in [0, 0.05) is 56.9 Å². The number of nitrogens with one attached hydrogen (secondary N) is 2. The fourth-order valence-corrected chi connectivity index (χ4v) is 10.2. The Kier molecular flexibility index (Phi) is 11.4. The first-order chi connectivity index (χ1) is 30.7. The molecule has 330 valence electrons. The lowest BCUT2D eigenvalue weighted by Gasteiger charge is -2.36. The fraction of sp³-hybridized carbons (Fsp3) is 0.533. The van der Waals surface area contributed by atoms with Crippen molar-refractivity contribution in [3.8, 4) is 11.8 Å². The zero-order valence-electron chi connectivity index (χ0n) is 35.2. The van der Waals surface area contributed by atoms with E-state index in [9.17, 15) is 23.2 Å². The second-order valence-corrected chi connectivity index (χ2v) is 17.5. The van der Waals surface area contributed by atoms with E-state index in [4.69, 9.17) is 19.6 Å². The Morgan fingerprint density at radius 2 is 1.90 bits per heavy atom. The standard InChI is InChI=1S/C45H51F2N11O5/c1-2-56-41-28(5-3-7-33(41)39(52-56)34-12-13-38(59)51-44(34)60)6-4-20-62-31-14-17-54(18-15-31)23-27-8-10-29(11-9-27)58-25-36(40(53-58)42(46)47)49-45(61)35-22-48-57-19-16-37(50-43(35)57)55-24-32-21-30(55)26-63-32/h3,5,7,16,19,22,25,27,29-32,34,42H,2,8-15,17-18,20-21,23-24,26H2,1H3,(H,49,61)(H,51,59,60)/t27-,29-,30-,32-,34?/m1/s1. The zero-order valence-corrected chi connectivity index (χ0v) is 35.2. The minimum absolute atomic E-state index is 0.000339. The van der Waals surface area contributed by atoms with Crippen LogP contribution in [-0.4, -0.2) is 114 Å². The quantitative estimate of drug-likeness (QED) is 0.132. The van der Waals surface area contributed by atoms with Crippen LogP contribution >= 0.6 is 0 Å². The Balaban J connectivity index is 0.698. The van der Waals surface area contributed by atoms with Crippen LogP contribution < -0.4 is 15.5 Å². The van der Waals surface area contributed by atoms with Crippen LogP contribution in [0.25, 0.3) is 16.6 Å². The number of hydrogen-bond acceptors (Lipinski definition) is 11. The molecule has 0 spiro atoms. The highest BCUT2D eigenvalue weighted by Crippen LogP contribution is 2.37. The largest absolute Gasteiger partial charge is 0.374 e. The number of aryl methyl sites for hydroxylation is 1. The first-order valence-corrected chi connectivity index (χ1v) is 22.3. The predicted octanol–water partition coefficient (Wildman–Crippen LogP) is 5.25. The molecule has 3 amide bonds. The molecular weight excluding hydrogens is 813 g/mol. The molecular formula is C45H51F2N11O5. The summed E-state index contributed by atoms with van der Waals surface area (Å²) in [6.45, 7) is 7.19. The number of piperidine rings is 2. The van der Waals surface area contributed by atoms with E-state index in [1.54, 1.807) is 17.1 Å². The summed E-state index contributed by atoms with van der Waals surface area (Å²) in [5, 5.41) is 19.4. The van der Waals surface area contributed by atoms with Gasteiger partial charge < -0.3 is 24.6 Å². The Labute approximate surface area is 362 Å². The summed E-state index contributed by atoms with van der Waals surface area (Å²) in [7, 11) is 0. The van der Waals surface area contributed by atoms with Crippen LogP contribution in [0.2, 0.25) is 0 Å². The van der Waals surface area contributed by atoms with Crippen molar-refractivity contribution in [2.75, 3.05) is 49.6 Å². The summed E-state index contributed by atoms with van der Waals surface area (Å²) < 4.78 is 45.6. The number of para-hydroxylation sites is 1. The first kappa shape index (κ1) is 41.3. The van der Waals surface area contributed by atoms with Crippen LogP contribution in [0.3, 0.4) is 0 Å². The summed E-state index contributed by atoms with van der Waals surface area (Å²) in [4.78, 5) is 47.4. The summed E-state index contributed by atoms with van der Waals surface area (Å²) in [5.74, 6) is 6.14. The Morgan fingerprint density at radius 1 is 1.06 bits per heavy atom. The molecule has 63 heavy (non-hydrogen) atoms. The summed E-state index contributed by atoms with van der Waals surface area (Å²) in [6.07, 6.45) is 9.25. The third-order valence-corrected chi connectivity index (χ3v) is 13.5. The van der Waals surface area contributed by atoms with Gasteiger partial charge in [-0.1, -0.05) is 24.0 Å². The number of morpholine rings is 1. The van der Waals surface area contributed by atoms with E-state index in [1.165, 1.54) is 10.7 Å². The van der Waals surface area contributed by atoms with Crippen LogP contribution in [0.1, 0.15) is 110 Å². The second-order valence-electron chi connectivity index (χ2n) is 17.5. The molecule has 2 N–H and O–H groups in total. The maximum atomic E-state index is 14.3. The summed E-state index contributed by atoms with van der Waals surface area (Å²) >= 11 is 0. The van der Waals surface area contributed by atoms with E-state index in [0.717, 1.165) is 93.4 Å². The molecule has 1 aromatic carbocycles. The van der Waals surface area contributed by atoms with Crippen molar-refractivity contribution in [1.29, 1.82) is 0 Å². The number of hydrogen-bond donors (Lipinski definition) is 2. The molecule has 0 radical (unpaired) electrons. The van der Waals surface area contributed by atoms with E-state index < -0.39 is 23.9 Å². The third-order valence-electron chi connectivity index (χ3n) is 13.5. The maximum Gasteiger partial charge on any atom is 0.284 e. The second kappa shape index (κ2) is 17.4. The molecule has 5 aliphatic rings. The van der Waals surface area contributed by atoms with E-state index in [0.29, 0.717) is 49.9 Å². The molecule has 2 bridgehead atoms. The monoisotopic (exact) mass is 863 g/mol. The van der Waals surface area contributed by atoms with Gasteiger partial charge in [0.15, 0.2) is 11.3 Å². The van der Waals surface area contributed by atoms with Crippen molar-refractivity contribution in [3.05, 3.63) is 65.4 Å². The molecule has 4 aliphatic heterocycles. The van der Waals surface area contributed by atoms with Gasteiger partial charge in [0.2, 0.25) is 11.8 Å². The van der Waals surface area contributed by atoms with Crippen molar-refractivity contribution in [2.45, 2.75) is 108 Å². The molecule has 1 saturated carbocycles. The van der Waals surface area contributed by atoms with Crippen LogP contribution in [0.4, 0.5) is 20.3 Å². The van der Waals surface area contributed by atoms with Crippen LogP contribution in [0.5, 0.6) is 0 Å². The SMILES string of the molecule is CCn1nc(C2CCC(=O)NC2=O)c2cccc(C#CCOC3CCN(C[C@H]4CC[C@H](n5cc(NC(=O)c6cnn7ccc(N8C[C@H]9C[C@@H]8CO9)nc67)c(C(F)F)n5)CC4)CC3)c21. The summed E-state index contributed by atoms with van der Waals surface area (Å²) in [6, 6.07) is 7.93. The third kappa shape index (κ3) is 8.29. The van der Waals surface area contributed by atoms with E-state index in [1.807, 2.05) is 35.9 Å². The molecule has 4 aromatic heterocycles. The van der Waals surface area contributed by atoms with Gasteiger partial charge in [0.1, 0.15) is 18.0 Å². The molecule has 10 rings (SSSR count). The number of rotatable bonds is 11. The number of likely N-dealkylation sites (tertiary alicyclic amines) is 1. The van der Waals surface area contributed by atoms with Crippen LogP contribution in [0.15, 0.2) is 42.9 Å². The highest BCUT2D eigenvalue weighted by Gasteiger charge is 2.40. The number of nitrogens with zero attached hydrogens (tertiary/aromatic N) is 9. The number of ether oxygens (including phenoxy) is 2. The minimum atomic E-state index is -2.85. The minimum Gasteiger partial charge on any atom is -0.374 e. The van der Waals surface area contributed by atoms with Crippen molar-refractivity contribution >= 4 is 45.8 Å². The molecule has 4 saturated heterocycles. The number of fused-ring (bicyclic) bond motifs is 4. The molecule has 3 atom stereocenters. The lowest BCUT2D eigenvalue weighted by molar-refractivity contribution is -0.134. The van der Waals surface area contributed by atoms with Gasteiger partial charge in [-0.2, -0.15) is 15.3 Å². The highest BCUT2D eigenvalue weighted by molar-refractivity contribution is 6.08. The van der Waals surface area contributed by atoms with Gasteiger partial charge in [-0.15, -0.1) is 0 Å². The number of alkyl halides is 2. The van der Waals surface area contributed by atoms with Gasteiger partial charge in [0.25, 0.3) is 12.3 Å². The van der Waals surface area contributed by atoms with E-state index in [-0.39, 0.29) is 47.4 Å². The van der Waals surface area contributed by atoms with Crippen molar-refractivity contribution in [1.82, 2.24) is 44.4 Å². The fourth-order valence-electron chi connectivity index (χ4n) is 10.2. The highest BCUT2D eigenvalue weighted by atomic mass is 19.3. The molecule has 1 aliphatic carbocycles. The van der Waals surface area contributed by atoms with Crippen molar-refractivity contribution < 1.29 is 32.6 Å². The number of aromatic nitrogens is 7. The van der Waals surface area contributed by atoms with Crippen LogP contribution in [-0.2, 0) is 25.6 Å².